The highest BCUT2D eigenvalue weighted by Crippen LogP contribution is 2.62. The molecule has 0 fully saturated rings. The van der Waals surface area contributed by atoms with Crippen LogP contribution >= 0.6 is 0 Å². The van der Waals surface area contributed by atoms with Gasteiger partial charge in [-0.15, -0.1) is 0 Å². The summed E-state index contributed by atoms with van der Waals surface area (Å²) in [5, 5.41) is 0. The van der Waals surface area contributed by atoms with Crippen LogP contribution in [0.4, 0.5) is 85.6 Å². The van der Waals surface area contributed by atoms with Gasteiger partial charge in [0.15, 0.2) is 0 Å². The Kier molecular flexibility index (Phi) is 16.8. The fraction of sp³-hybridized carbons (Fsp3) is 0.120. The van der Waals surface area contributed by atoms with Crippen LogP contribution in [0.1, 0.15) is 167 Å². The fourth-order valence-corrected chi connectivity index (χ4v) is 26.4. The van der Waals surface area contributed by atoms with E-state index < -0.39 is 0 Å². The third-order valence-corrected chi connectivity index (χ3v) is 32.3. The van der Waals surface area contributed by atoms with Crippen LogP contribution in [0.3, 0.4) is 0 Å². The molecule has 20 aromatic rings. The van der Waals surface area contributed by atoms with Crippen LogP contribution in [0, 0.1) is 0 Å². The molecule has 20 heterocycles. The zero-order valence-electron chi connectivity index (χ0n) is 76.6. The lowest BCUT2D eigenvalue weighted by Crippen LogP contribution is -2.26. The Bertz CT molecular complexity index is 7660. The van der Waals surface area contributed by atoms with E-state index in [0.29, 0.717) is 0 Å². The van der Waals surface area contributed by atoms with Gasteiger partial charge in [0.1, 0.15) is 11.6 Å². The minimum absolute atomic E-state index is 0.889. The SMILES string of the molecule is c1ccc2c(c1)Cc1c-2cc2c3c1Cc1ccncc1N3c1cccnc1C2.c1ccc2c(c1)Cc1c-2cc2c3c1Cc1ccncc1N3c1ccncc1C2.c1ccc2c(c1)Cc1c-2cc2c3c1Cc1ccncc1N3c1cnccc1C2.c1ccc2c(c1)Cc1c-2cc2c3c1Cc1ccncc1N3c1ncccc1C2.c1ccc2c(c1)Cc1c-2cc2c3c1Cc1cnccc1N3c1ncccc1C2. The Morgan fingerprint density at radius 2 is 0.400 bits per heavy atom. The van der Waals surface area contributed by atoms with Gasteiger partial charge in [-0.2, -0.15) is 0 Å². The molecule has 15 aliphatic rings. The van der Waals surface area contributed by atoms with Crippen molar-refractivity contribution in [3.05, 3.63) is 503 Å². The van der Waals surface area contributed by atoms with E-state index in [1.54, 1.807) is 0 Å². The van der Waals surface area contributed by atoms with Crippen LogP contribution in [-0.4, -0.2) is 49.8 Å². The predicted octanol–water partition coefficient (Wildman–Crippen LogP) is 26.6. The lowest BCUT2D eigenvalue weighted by Gasteiger charge is -2.39. The Hall–Kier alpha value is -17.3. The number of pyridine rings is 10. The highest BCUT2D eigenvalue weighted by molar-refractivity contribution is 6.00. The summed E-state index contributed by atoms with van der Waals surface area (Å²) in [6, 6.07) is 84.3. The smallest absolute Gasteiger partial charge is 0.141 e. The van der Waals surface area contributed by atoms with Crippen molar-refractivity contribution in [3.8, 4) is 55.6 Å². The van der Waals surface area contributed by atoms with Crippen molar-refractivity contribution >= 4 is 85.6 Å². The molecular weight excluding hydrogens is 1710 g/mol. The second-order valence-corrected chi connectivity index (χ2v) is 39.5. The number of fused-ring (bicyclic) bond motifs is 40. The van der Waals surface area contributed by atoms with Gasteiger partial charge in [-0.05, 0) is 346 Å². The van der Waals surface area contributed by atoms with Gasteiger partial charge in [-0.3, -0.25) is 49.7 Å². The fourth-order valence-electron chi connectivity index (χ4n) is 26.4. The Morgan fingerprint density at radius 1 is 0.150 bits per heavy atom. The summed E-state index contributed by atoms with van der Waals surface area (Å²) >= 11 is 0. The lowest BCUT2D eigenvalue weighted by molar-refractivity contribution is 0.955. The molecule has 0 unspecified atom stereocenters. The molecule has 0 saturated carbocycles. The molecular formula is C125H85N15. The number of benzene rings is 10. The average molecular weight is 1800 g/mol. The molecule has 15 nitrogen and oxygen atoms in total. The number of hydrogen-bond donors (Lipinski definition) is 0. The average Bonchev–Trinajstić information content (AvgIpc) is 1.41. The van der Waals surface area contributed by atoms with Crippen LogP contribution in [-0.2, 0) is 96.3 Å². The largest absolute Gasteiger partial charge is 0.308 e. The number of nitrogens with zero attached hydrogens (tertiary/aromatic N) is 15. The molecule has 10 aromatic heterocycles. The first kappa shape index (κ1) is 77.9. The summed E-state index contributed by atoms with van der Waals surface area (Å²) in [5.41, 5.74) is 72.6. The zero-order valence-corrected chi connectivity index (χ0v) is 76.6. The van der Waals surface area contributed by atoms with Crippen molar-refractivity contribution in [3.63, 3.8) is 0 Å². The molecule has 0 N–H and O–H groups in total. The van der Waals surface area contributed by atoms with Crippen LogP contribution < -0.4 is 24.5 Å². The molecule has 15 heteroatoms. The van der Waals surface area contributed by atoms with Gasteiger partial charge in [-0.1, -0.05) is 133 Å². The van der Waals surface area contributed by atoms with E-state index >= 15 is 0 Å². The van der Waals surface area contributed by atoms with Crippen LogP contribution in [0.2, 0.25) is 0 Å². The molecule has 0 atom stereocenters. The molecule has 5 aliphatic carbocycles. The van der Waals surface area contributed by atoms with Gasteiger partial charge in [-0.25, -0.2) is 9.97 Å². The Balaban J connectivity index is 0.0000000806. The van der Waals surface area contributed by atoms with Crippen LogP contribution in [0.5, 0.6) is 0 Å². The number of hydrogen-bond acceptors (Lipinski definition) is 15. The minimum atomic E-state index is 0.889. The van der Waals surface area contributed by atoms with Crippen LogP contribution in [0.25, 0.3) is 55.6 Å². The second-order valence-electron chi connectivity index (χ2n) is 39.5. The van der Waals surface area contributed by atoms with Crippen LogP contribution in [0.15, 0.2) is 336 Å². The van der Waals surface area contributed by atoms with Crippen molar-refractivity contribution in [1.82, 2.24) is 49.8 Å². The summed E-state index contributed by atoms with van der Waals surface area (Å²) in [6.07, 6.45) is 47.8. The molecule has 660 valence electrons. The van der Waals surface area contributed by atoms with Crippen molar-refractivity contribution < 1.29 is 0 Å². The van der Waals surface area contributed by atoms with E-state index in [2.05, 4.69) is 272 Å². The van der Waals surface area contributed by atoms with Gasteiger partial charge in [0.25, 0.3) is 0 Å². The predicted molar refractivity (Wildman–Crippen MR) is 553 cm³/mol. The summed E-state index contributed by atoms with van der Waals surface area (Å²) < 4.78 is 0. The van der Waals surface area contributed by atoms with Crippen molar-refractivity contribution in [1.29, 1.82) is 0 Å². The first-order chi connectivity index (χ1) is 69.4. The molecule has 0 bridgehead atoms. The standard InChI is InChI=1S/5C25H17N3/c1-2-6-19-15(4-1)11-21-20(19)13-18-10-17-5-3-8-27-25(17)28-23-14-26-9-7-16(23)12-22(21)24(18)28;1-2-6-19-15(4-1)11-21-20(19)12-17-10-16-5-3-8-27-25(16)28-23-7-9-26-14-18(23)13-22(21)24(17)28;1-2-5-18-15(4-1)10-20-19(18)12-17-13-22-23(6-3-8-27-22)28-24-14-26-9-7-16(24)11-21(20)25(17)28;1-2-4-19-15(3-1)10-21-20(19)12-17-9-18-13-26-8-6-23(18)28-24-14-27-7-5-16(24)11-22(21)25(17)28;1-2-4-19-15(3-1)10-21-20(19)12-18-9-16-5-7-26-13-23(16)28-24-14-27-8-6-17(24)11-22(21)25(18)28/h1-9,13-14H,10-12H2;2*1-9,12,14H,10-11,13H2;2*1-8,12-14H,9-11H2. The Morgan fingerprint density at radius 3 is 0.786 bits per heavy atom. The maximum absolute atomic E-state index is 4.78. The molecule has 10 aromatic carbocycles. The molecule has 35 rings (SSSR count). The van der Waals surface area contributed by atoms with Gasteiger partial charge < -0.3 is 14.7 Å². The van der Waals surface area contributed by atoms with E-state index in [1.807, 2.05) is 124 Å². The first-order valence-electron chi connectivity index (χ1n) is 49.0. The van der Waals surface area contributed by atoms with Crippen molar-refractivity contribution in [2.45, 2.75) is 96.3 Å². The van der Waals surface area contributed by atoms with E-state index in [0.717, 1.165) is 114 Å². The first-order valence-corrected chi connectivity index (χ1v) is 49.0. The number of anilines is 15. The summed E-state index contributed by atoms with van der Waals surface area (Å²) in [5.74, 6) is 2.12. The number of aromatic nitrogens is 10. The van der Waals surface area contributed by atoms with Gasteiger partial charge in [0.05, 0.1) is 111 Å². The van der Waals surface area contributed by atoms with Gasteiger partial charge in [0.2, 0.25) is 0 Å². The molecule has 10 aliphatic heterocycles. The van der Waals surface area contributed by atoms with E-state index in [9.17, 15) is 0 Å². The second kappa shape index (κ2) is 30.1. The minimum Gasteiger partial charge on any atom is -0.308 e. The summed E-state index contributed by atoms with van der Waals surface area (Å²) in [6.45, 7) is 0. The highest BCUT2D eigenvalue weighted by Gasteiger charge is 2.44. The molecule has 0 saturated heterocycles. The van der Waals surface area contributed by atoms with E-state index in [4.69, 9.17) is 15.0 Å². The monoisotopic (exact) mass is 1800 g/mol. The van der Waals surface area contributed by atoms with Gasteiger partial charge >= 0.3 is 0 Å². The summed E-state index contributed by atoms with van der Waals surface area (Å²) in [7, 11) is 0. The maximum Gasteiger partial charge on any atom is 0.141 e. The van der Waals surface area contributed by atoms with Crippen molar-refractivity contribution in [2.75, 3.05) is 24.5 Å². The topological polar surface area (TPSA) is 145 Å². The maximum atomic E-state index is 4.78. The molecule has 0 radical (unpaired) electrons. The van der Waals surface area contributed by atoms with Crippen molar-refractivity contribution in [2.24, 2.45) is 0 Å². The molecule has 0 spiro atoms. The third-order valence-electron chi connectivity index (χ3n) is 32.3. The highest BCUT2D eigenvalue weighted by atomic mass is 15.2. The Labute approximate surface area is 809 Å². The third kappa shape index (κ3) is 11.5. The van der Waals surface area contributed by atoms with E-state index in [-0.39, 0.29) is 0 Å². The van der Waals surface area contributed by atoms with E-state index in [1.165, 1.54) is 291 Å². The normalized spacial score (nSPS) is 14.6. The van der Waals surface area contributed by atoms with Gasteiger partial charge in [0, 0.05) is 139 Å². The number of rotatable bonds is 0. The molecule has 140 heavy (non-hydrogen) atoms. The lowest BCUT2D eigenvalue weighted by atomic mass is 9.83. The quantitative estimate of drug-likeness (QED) is 0.142. The summed E-state index contributed by atoms with van der Waals surface area (Å²) in [4.78, 5) is 57.3. The zero-order chi connectivity index (χ0) is 91.2. The molecule has 0 amide bonds.